The van der Waals surface area contributed by atoms with E-state index in [1.54, 1.807) is 6.07 Å². The van der Waals surface area contributed by atoms with Crippen LogP contribution < -0.4 is 15.8 Å². The Balaban J connectivity index is 2.31. The summed E-state index contributed by atoms with van der Waals surface area (Å²) in [6, 6.07) is 7.29. The number of aromatic carboxylic acids is 1. The number of carboxylic acid groups (broad SMARTS) is 1. The molecule has 1 fully saturated rings. The molecule has 0 spiro atoms. The van der Waals surface area contributed by atoms with Gasteiger partial charge in [-0.2, -0.15) is 0 Å². The van der Waals surface area contributed by atoms with Gasteiger partial charge < -0.3 is 20.3 Å². The summed E-state index contributed by atoms with van der Waals surface area (Å²) in [6.07, 6.45) is 0. The number of rotatable bonds is 2. The zero-order chi connectivity index (χ0) is 14.1. The lowest BCUT2D eigenvalue weighted by Gasteiger charge is -2.31. The molecular formula is C14H15N3O3. The quantitative estimate of drug-likeness (QED) is 0.747. The standard InChI is InChI=1S/C14H15N3O3/c18-13-11(14(19)20)12(17-7-5-15-6-8-17)9-3-1-2-4-10(9)16-13/h1-4,15H,5-8H2,(H,16,18)(H,19,20). The van der Waals surface area contributed by atoms with Gasteiger partial charge in [0.2, 0.25) is 0 Å². The number of nitrogens with one attached hydrogen (secondary N) is 2. The Hall–Kier alpha value is -2.34. The van der Waals surface area contributed by atoms with E-state index >= 15 is 0 Å². The van der Waals surface area contributed by atoms with Crippen molar-refractivity contribution < 1.29 is 9.90 Å². The second kappa shape index (κ2) is 4.97. The Morgan fingerprint density at radius 3 is 2.60 bits per heavy atom. The number of H-pyrrole nitrogens is 1. The summed E-state index contributed by atoms with van der Waals surface area (Å²) in [5.41, 5.74) is 0.463. The third-order valence-electron chi connectivity index (χ3n) is 3.54. The highest BCUT2D eigenvalue weighted by Crippen LogP contribution is 2.27. The average molecular weight is 273 g/mol. The van der Waals surface area contributed by atoms with Crippen LogP contribution >= 0.6 is 0 Å². The van der Waals surface area contributed by atoms with Crippen LogP contribution in [0.5, 0.6) is 0 Å². The number of nitrogens with zero attached hydrogens (tertiary/aromatic N) is 1. The van der Waals surface area contributed by atoms with Gasteiger partial charge in [-0.05, 0) is 6.07 Å². The Labute approximate surface area is 115 Å². The van der Waals surface area contributed by atoms with E-state index < -0.39 is 11.5 Å². The Kier molecular flexibility index (Phi) is 3.15. The fourth-order valence-corrected chi connectivity index (χ4v) is 2.64. The Morgan fingerprint density at radius 1 is 1.20 bits per heavy atom. The van der Waals surface area contributed by atoms with E-state index in [4.69, 9.17) is 0 Å². The summed E-state index contributed by atoms with van der Waals surface area (Å²) in [6.45, 7) is 2.93. The molecule has 0 saturated carbocycles. The van der Waals surface area contributed by atoms with Gasteiger partial charge in [-0.3, -0.25) is 4.79 Å². The summed E-state index contributed by atoms with van der Waals surface area (Å²) in [5, 5.41) is 13.4. The van der Waals surface area contributed by atoms with Crippen molar-refractivity contribution in [3.8, 4) is 0 Å². The summed E-state index contributed by atoms with van der Waals surface area (Å²) in [4.78, 5) is 28.1. The predicted molar refractivity (Wildman–Crippen MR) is 76.6 cm³/mol. The molecule has 1 saturated heterocycles. The molecule has 1 aliphatic heterocycles. The number of hydrogen-bond donors (Lipinski definition) is 3. The van der Waals surface area contributed by atoms with Gasteiger partial charge >= 0.3 is 5.97 Å². The van der Waals surface area contributed by atoms with Gasteiger partial charge in [-0.1, -0.05) is 18.2 Å². The molecule has 1 aromatic carbocycles. The maximum absolute atomic E-state index is 12.1. The summed E-state index contributed by atoms with van der Waals surface area (Å²) in [7, 11) is 0. The number of fused-ring (bicyclic) bond motifs is 1. The normalized spacial score (nSPS) is 15.5. The third-order valence-corrected chi connectivity index (χ3v) is 3.54. The van der Waals surface area contributed by atoms with E-state index in [0.717, 1.165) is 18.5 Å². The molecule has 0 unspecified atom stereocenters. The first-order chi connectivity index (χ1) is 9.68. The molecular weight excluding hydrogens is 258 g/mol. The molecule has 3 rings (SSSR count). The van der Waals surface area contributed by atoms with Crippen LogP contribution in [0.15, 0.2) is 29.1 Å². The highest BCUT2D eigenvalue weighted by Gasteiger charge is 2.24. The number of pyridine rings is 1. The smallest absolute Gasteiger partial charge is 0.343 e. The van der Waals surface area contributed by atoms with Crippen molar-refractivity contribution in [2.45, 2.75) is 0 Å². The van der Waals surface area contributed by atoms with Gasteiger partial charge in [-0.25, -0.2) is 4.79 Å². The van der Waals surface area contributed by atoms with Crippen molar-refractivity contribution in [1.29, 1.82) is 0 Å². The van der Waals surface area contributed by atoms with Gasteiger partial charge in [0.1, 0.15) is 5.56 Å². The predicted octanol–water partition coefficient (Wildman–Crippen LogP) is 0.636. The number of aromatic amines is 1. The van der Waals surface area contributed by atoms with Gasteiger partial charge in [0, 0.05) is 31.6 Å². The molecule has 104 valence electrons. The number of hydrogen-bond acceptors (Lipinski definition) is 4. The van der Waals surface area contributed by atoms with E-state index in [1.807, 2.05) is 23.1 Å². The van der Waals surface area contributed by atoms with Crippen molar-refractivity contribution in [1.82, 2.24) is 10.3 Å². The minimum Gasteiger partial charge on any atom is -0.477 e. The van der Waals surface area contributed by atoms with Crippen LogP contribution in [-0.4, -0.2) is 42.2 Å². The van der Waals surface area contributed by atoms with Crippen LogP contribution in [0, 0.1) is 0 Å². The van der Waals surface area contributed by atoms with Crippen LogP contribution in [0.4, 0.5) is 5.69 Å². The molecule has 20 heavy (non-hydrogen) atoms. The number of para-hydroxylation sites is 1. The van der Waals surface area contributed by atoms with Crippen LogP contribution in [0.25, 0.3) is 10.9 Å². The van der Waals surface area contributed by atoms with E-state index in [1.165, 1.54) is 0 Å². The SMILES string of the molecule is O=C(O)c1c(N2CCNCC2)c2ccccc2[nH]c1=O. The average Bonchev–Trinajstić information content (AvgIpc) is 2.46. The van der Waals surface area contributed by atoms with Crippen LogP contribution in [0.1, 0.15) is 10.4 Å². The first-order valence-electron chi connectivity index (χ1n) is 6.52. The Bertz CT molecular complexity index is 717. The first kappa shape index (κ1) is 12.7. The minimum atomic E-state index is -1.19. The second-order valence-corrected chi connectivity index (χ2v) is 4.77. The molecule has 0 radical (unpaired) electrons. The fraction of sp³-hybridized carbons (Fsp3) is 0.286. The maximum Gasteiger partial charge on any atom is 0.343 e. The van der Waals surface area contributed by atoms with Crippen molar-refractivity contribution >= 4 is 22.6 Å². The number of piperazine rings is 1. The van der Waals surface area contributed by atoms with E-state index in [-0.39, 0.29) is 5.56 Å². The molecule has 2 heterocycles. The van der Waals surface area contributed by atoms with E-state index in [9.17, 15) is 14.7 Å². The lowest BCUT2D eigenvalue weighted by atomic mass is 10.1. The topological polar surface area (TPSA) is 85.4 Å². The van der Waals surface area contributed by atoms with Crippen molar-refractivity contribution in [3.63, 3.8) is 0 Å². The zero-order valence-electron chi connectivity index (χ0n) is 10.8. The molecule has 1 aliphatic rings. The number of benzene rings is 1. The zero-order valence-corrected chi connectivity index (χ0v) is 10.8. The largest absolute Gasteiger partial charge is 0.477 e. The lowest BCUT2D eigenvalue weighted by molar-refractivity contribution is 0.0696. The fourth-order valence-electron chi connectivity index (χ4n) is 2.64. The molecule has 0 bridgehead atoms. The third kappa shape index (κ3) is 2.04. The minimum absolute atomic E-state index is 0.175. The van der Waals surface area contributed by atoms with E-state index in [2.05, 4.69) is 10.3 Å². The maximum atomic E-state index is 12.1. The lowest BCUT2D eigenvalue weighted by Crippen LogP contribution is -2.44. The summed E-state index contributed by atoms with van der Waals surface area (Å²) >= 11 is 0. The van der Waals surface area contributed by atoms with Crippen LogP contribution in [-0.2, 0) is 0 Å². The van der Waals surface area contributed by atoms with Gasteiger partial charge in [-0.15, -0.1) is 0 Å². The van der Waals surface area contributed by atoms with Crippen LogP contribution in [0.2, 0.25) is 0 Å². The molecule has 6 nitrogen and oxygen atoms in total. The monoisotopic (exact) mass is 273 g/mol. The van der Waals surface area contributed by atoms with Gasteiger partial charge in [0.05, 0.1) is 11.2 Å². The van der Waals surface area contributed by atoms with Crippen molar-refractivity contribution in [3.05, 3.63) is 40.2 Å². The number of anilines is 1. The number of carboxylic acids is 1. The molecule has 1 aromatic heterocycles. The Morgan fingerprint density at radius 2 is 1.90 bits per heavy atom. The second-order valence-electron chi connectivity index (χ2n) is 4.77. The first-order valence-corrected chi connectivity index (χ1v) is 6.52. The number of aromatic nitrogens is 1. The molecule has 2 aromatic rings. The highest BCUT2D eigenvalue weighted by atomic mass is 16.4. The van der Waals surface area contributed by atoms with Crippen molar-refractivity contribution in [2.75, 3.05) is 31.1 Å². The molecule has 0 atom stereocenters. The molecule has 3 N–H and O–H groups in total. The van der Waals surface area contributed by atoms with Crippen molar-refractivity contribution in [2.24, 2.45) is 0 Å². The molecule has 6 heteroatoms. The summed E-state index contributed by atoms with van der Waals surface area (Å²) < 4.78 is 0. The van der Waals surface area contributed by atoms with E-state index in [0.29, 0.717) is 24.3 Å². The molecule has 0 aliphatic carbocycles. The molecule has 0 amide bonds. The summed E-state index contributed by atoms with van der Waals surface area (Å²) in [5.74, 6) is -1.19. The van der Waals surface area contributed by atoms with Crippen LogP contribution in [0.3, 0.4) is 0 Å². The highest BCUT2D eigenvalue weighted by molar-refractivity contribution is 6.04. The number of carbonyl (C=O) groups is 1. The van der Waals surface area contributed by atoms with Gasteiger partial charge in [0.15, 0.2) is 0 Å². The van der Waals surface area contributed by atoms with Gasteiger partial charge in [0.25, 0.3) is 5.56 Å².